The first-order valence-electron chi connectivity index (χ1n) is 6.42. The van der Waals surface area contributed by atoms with Crippen molar-refractivity contribution in [2.24, 2.45) is 5.92 Å². The molecule has 92 valence electrons. The van der Waals surface area contributed by atoms with E-state index in [0.29, 0.717) is 12.0 Å². The quantitative estimate of drug-likeness (QED) is 0.749. The number of thiophene rings is 1. The number of hydrogen-bond acceptors (Lipinski definition) is 2. The first kappa shape index (κ1) is 13.7. The van der Waals surface area contributed by atoms with E-state index in [-0.39, 0.29) is 0 Å². The summed E-state index contributed by atoms with van der Waals surface area (Å²) < 4.78 is 0. The Bertz CT molecular complexity index is 266. The fourth-order valence-electron chi connectivity index (χ4n) is 2.10. The van der Waals surface area contributed by atoms with Crippen LogP contribution < -0.4 is 5.32 Å². The van der Waals surface area contributed by atoms with Gasteiger partial charge >= 0.3 is 0 Å². The number of rotatable bonds is 7. The smallest absolute Gasteiger partial charge is 0.00915 e. The molecule has 0 radical (unpaired) electrons. The molecule has 1 aromatic heterocycles. The van der Waals surface area contributed by atoms with Gasteiger partial charge in [-0.3, -0.25) is 0 Å². The third kappa shape index (κ3) is 4.26. The van der Waals surface area contributed by atoms with Crippen molar-refractivity contribution in [3.05, 3.63) is 22.4 Å². The van der Waals surface area contributed by atoms with Crippen molar-refractivity contribution >= 4 is 11.3 Å². The third-order valence-electron chi connectivity index (χ3n) is 3.09. The van der Waals surface area contributed by atoms with Crippen molar-refractivity contribution in [1.29, 1.82) is 0 Å². The van der Waals surface area contributed by atoms with Gasteiger partial charge in [-0.05, 0) is 17.4 Å². The van der Waals surface area contributed by atoms with Gasteiger partial charge in [0, 0.05) is 23.4 Å². The van der Waals surface area contributed by atoms with Gasteiger partial charge in [0.15, 0.2) is 0 Å². The minimum Gasteiger partial charge on any atom is -0.314 e. The summed E-state index contributed by atoms with van der Waals surface area (Å²) >= 11 is 1.90. The molecule has 1 rings (SSSR count). The predicted molar refractivity (Wildman–Crippen MR) is 74.3 cm³/mol. The molecule has 1 heterocycles. The molecule has 0 amide bonds. The molecular formula is C14H25NS. The topological polar surface area (TPSA) is 12.0 Å². The van der Waals surface area contributed by atoms with Crippen LogP contribution in [0.4, 0.5) is 0 Å². The highest BCUT2D eigenvalue weighted by atomic mass is 32.1. The second kappa shape index (κ2) is 7.08. The summed E-state index contributed by atoms with van der Waals surface area (Å²) in [7, 11) is 0. The van der Waals surface area contributed by atoms with Gasteiger partial charge in [-0.1, -0.05) is 46.6 Å². The molecule has 2 unspecified atom stereocenters. The van der Waals surface area contributed by atoms with Crippen molar-refractivity contribution in [2.75, 3.05) is 6.54 Å². The Labute approximate surface area is 104 Å². The molecule has 2 heteroatoms. The summed E-state index contributed by atoms with van der Waals surface area (Å²) in [5.74, 6) is 1.46. The largest absolute Gasteiger partial charge is 0.314 e. The van der Waals surface area contributed by atoms with Crippen LogP contribution in [-0.2, 0) is 0 Å². The zero-order valence-corrected chi connectivity index (χ0v) is 11.8. The Morgan fingerprint density at radius 3 is 2.56 bits per heavy atom. The zero-order valence-electron chi connectivity index (χ0n) is 11.0. The summed E-state index contributed by atoms with van der Waals surface area (Å²) in [5, 5.41) is 5.77. The van der Waals surface area contributed by atoms with E-state index in [1.54, 1.807) is 0 Å². The fraction of sp³-hybridized carbons (Fsp3) is 0.714. The molecule has 0 bridgehead atoms. The second-order valence-corrected chi connectivity index (χ2v) is 5.93. The van der Waals surface area contributed by atoms with Gasteiger partial charge in [0.05, 0.1) is 0 Å². The maximum absolute atomic E-state index is 3.58. The first-order valence-corrected chi connectivity index (χ1v) is 7.29. The number of nitrogens with one attached hydrogen (secondary N) is 1. The van der Waals surface area contributed by atoms with Crippen LogP contribution in [0.15, 0.2) is 17.5 Å². The molecule has 0 aliphatic carbocycles. The van der Waals surface area contributed by atoms with Crippen molar-refractivity contribution in [1.82, 2.24) is 5.32 Å². The van der Waals surface area contributed by atoms with Crippen molar-refractivity contribution in [2.45, 2.75) is 52.5 Å². The van der Waals surface area contributed by atoms with Crippen LogP contribution in [0.3, 0.4) is 0 Å². The Morgan fingerprint density at radius 2 is 2.06 bits per heavy atom. The normalized spacial score (nSPS) is 15.3. The van der Waals surface area contributed by atoms with Crippen molar-refractivity contribution < 1.29 is 0 Å². The monoisotopic (exact) mass is 239 g/mol. The van der Waals surface area contributed by atoms with Gasteiger partial charge in [-0.15, -0.1) is 11.3 Å². The van der Waals surface area contributed by atoms with Crippen molar-refractivity contribution in [3.63, 3.8) is 0 Å². The van der Waals surface area contributed by atoms with Gasteiger partial charge in [0.25, 0.3) is 0 Å². The molecule has 0 aliphatic heterocycles. The summed E-state index contributed by atoms with van der Waals surface area (Å²) in [6, 6.07) is 5.03. The standard InChI is InChI=1S/C14H25NS/c1-5-7-12(4)13(10-15-11(2)3)14-8-6-9-16-14/h6,8-9,11-13,15H,5,7,10H2,1-4H3. The summed E-state index contributed by atoms with van der Waals surface area (Å²) in [4.78, 5) is 1.54. The maximum Gasteiger partial charge on any atom is 0.00915 e. The van der Waals surface area contributed by atoms with Crippen LogP contribution in [0, 0.1) is 5.92 Å². The van der Waals surface area contributed by atoms with Gasteiger partial charge < -0.3 is 5.32 Å². The van der Waals surface area contributed by atoms with Crippen molar-refractivity contribution in [3.8, 4) is 0 Å². The van der Waals surface area contributed by atoms with Crippen LogP contribution in [0.5, 0.6) is 0 Å². The Kier molecular flexibility index (Phi) is 6.07. The van der Waals surface area contributed by atoms with Crippen LogP contribution in [0.25, 0.3) is 0 Å². The van der Waals surface area contributed by atoms with Crippen LogP contribution in [-0.4, -0.2) is 12.6 Å². The molecule has 2 atom stereocenters. The highest BCUT2D eigenvalue weighted by Crippen LogP contribution is 2.30. The highest BCUT2D eigenvalue weighted by molar-refractivity contribution is 7.10. The van der Waals surface area contributed by atoms with Crippen LogP contribution >= 0.6 is 11.3 Å². The maximum atomic E-state index is 3.58. The van der Waals surface area contributed by atoms with E-state index in [1.807, 2.05) is 11.3 Å². The molecule has 0 aromatic carbocycles. The van der Waals surface area contributed by atoms with Gasteiger partial charge in [-0.25, -0.2) is 0 Å². The van der Waals surface area contributed by atoms with E-state index in [9.17, 15) is 0 Å². The lowest BCUT2D eigenvalue weighted by Crippen LogP contribution is -2.30. The molecule has 0 saturated heterocycles. The average Bonchev–Trinajstić information content (AvgIpc) is 2.71. The molecule has 0 fully saturated rings. The van der Waals surface area contributed by atoms with E-state index in [0.717, 1.165) is 12.5 Å². The van der Waals surface area contributed by atoms with E-state index < -0.39 is 0 Å². The van der Waals surface area contributed by atoms with E-state index >= 15 is 0 Å². The molecule has 1 N–H and O–H groups in total. The molecule has 0 saturated carbocycles. The Hall–Kier alpha value is -0.340. The average molecular weight is 239 g/mol. The minimum absolute atomic E-state index is 0.580. The van der Waals surface area contributed by atoms with Gasteiger partial charge in [-0.2, -0.15) is 0 Å². The Balaban J connectivity index is 2.62. The molecule has 16 heavy (non-hydrogen) atoms. The van der Waals surface area contributed by atoms with Gasteiger partial charge in [0.1, 0.15) is 0 Å². The SMILES string of the molecule is CCCC(C)C(CNC(C)C)c1cccs1. The van der Waals surface area contributed by atoms with Crippen LogP contribution in [0.2, 0.25) is 0 Å². The lowest BCUT2D eigenvalue weighted by Gasteiger charge is -2.24. The molecule has 1 aromatic rings. The third-order valence-corrected chi connectivity index (χ3v) is 4.09. The minimum atomic E-state index is 0.580. The summed E-state index contributed by atoms with van der Waals surface area (Å²) in [5.41, 5.74) is 0. The fourth-order valence-corrected chi connectivity index (χ4v) is 3.07. The van der Waals surface area contributed by atoms with E-state index in [4.69, 9.17) is 0 Å². The second-order valence-electron chi connectivity index (χ2n) is 4.95. The van der Waals surface area contributed by atoms with Gasteiger partial charge in [0.2, 0.25) is 0 Å². The lowest BCUT2D eigenvalue weighted by atomic mass is 9.88. The molecule has 1 nitrogen and oxygen atoms in total. The zero-order chi connectivity index (χ0) is 12.0. The summed E-state index contributed by atoms with van der Waals surface area (Å²) in [6.45, 7) is 10.2. The summed E-state index contributed by atoms with van der Waals surface area (Å²) in [6.07, 6.45) is 2.60. The van der Waals surface area contributed by atoms with Crippen LogP contribution in [0.1, 0.15) is 51.3 Å². The van der Waals surface area contributed by atoms with E-state index in [1.165, 1.54) is 17.7 Å². The molecule has 0 aliphatic rings. The lowest BCUT2D eigenvalue weighted by molar-refractivity contribution is 0.396. The highest BCUT2D eigenvalue weighted by Gasteiger charge is 2.19. The number of hydrogen-bond donors (Lipinski definition) is 1. The predicted octanol–water partition coefficient (Wildman–Crippen LogP) is 4.27. The van der Waals surface area contributed by atoms with E-state index in [2.05, 4.69) is 50.5 Å². The first-order chi connectivity index (χ1) is 7.65. The molecule has 0 spiro atoms. The Morgan fingerprint density at radius 1 is 1.31 bits per heavy atom. The molecular weight excluding hydrogens is 214 g/mol.